The lowest BCUT2D eigenvalue weighted by molar-refractivity contribution is -0.146. The van der Waals surface area contributed by atoms with E-state index < -0.39 is 0 Å². The smallest absolute Gasteiger partial charge is 0.320 e. The first kappa shape index (κ1) is 15.5. The Kier molecular flexibility index (Phi) is 5.46. The van der Waals surface area contributed by atoms with Crippen LogP contribution >= 0.6 is 0 Å². The standard InChI is InChI=1S/C18H26N2O2/c21-18(22-15-16-6-2-1-3-7-16)14-19-12-8-17(9-13-19)20-10-4-5-11-20/h1-3,6-7,17H,4-5,8-15H2. The fourth-order valence-corrected chi connectivity index (χ4v) is 3.52. The number of nitrogens with zero attached hydrogens (tertiary/aromatic N) is 2. The third-order valence-corrected chi connectivity index (χ3v) is 4.81. The third-order valence-electron chi connectivity index (χ3n) is 4.81. The summed E-state index contributed by atoms with van der Waals surface area (Å²) < 4.78 is 5.37. The van der Waals surface area contributed by atoms with Crippen molar-refractivity contribution in [2.24, 2.45) is 0 Å². The van der Waals surface area contributed by atoms with Gasteiger partial charge in [0, 0.05) is 19.1 Å². The molecule has 120 valence electrons. The van der Waals surface area contributed by atoms with E-state index in [4.69, 9.17) is 4.74 Å². The first-order chi connectivity index (χ1) is 10.8. The van der Waals surface area contributed by atoms with Crippen LogP contribution in [0.15, 0.2) is 30.3 Å². The Morgan fingerprint density at radius 2 is 1.73 bits per heavy atom. The third kappa shape index (κ3) is 4.31. The normalized spacial score (nSPS) is 21.1. The Bertz CT molecular complexity index is 463. The van der Waals surface area contributed by atoms with Crippen molar-refractivity contribution >= 4 is 5.97 Å². The van der Waals surface area contributed by atoms with E-state index in [1.54, 1.807) is 0 Å². The summed E-state index contributed by atoms with van der Waals surface area (Å²) in [6, 6.07) is 10.6. The maximum atomic E-state index is 11.9. The molecule has 0 unspecified atom stereocenters. The molecule has 0 amide bonds. The second kappa shape index (κ2) is 7.75. The molecule has 0 bridgehead atoms. The minimum absolute atomic E-state index is 0.108. The Morgan fingerprint density at radius 3 is 2.41 bits per heavy atom. The summed E-state index contributed by atoms with van der Waals surface area (Å²) in [6.45, 7) is 5.38. The number of benzene rings is 1. The van der Waals surface area contributed by atoms with Gasteiger partial charge < -0.3 is 9.64 Å². The summed E-state index contributed by atoms with van der Waals surface area (Å²) >= 11 is 0. The number of hydrogen-bond donors (Lipinski definition) is 0. The lowest BCUT2D eigenvalue weighted by atomic mass is 10.0. The van der Waals surface area contributed by atoms with E-state index in [9.17, 15) is 4.79 Å². The molecule has 4 nitrogen and oxygen atoms in total. The zero-order valence-corrected chi connectivity index (χ0v) is 13.2. The summed E-state index contributed by atoms with van der Waals surface area (Å²) in [5.41, 5.74) is 1.04. The topological polar surface area (TPSA) is 32.8 Å². The van der Waals surface area contributed by atoms with Crippen molar-refractivity contribution in [2.45, 2.75) is 38.3 Å². The van der Waals surface area contributed by atoms with Crippen molar-refractivity contribution in [1.82, 2.24) is 9.80 Å². The fraction of sp³-hybridized carbons (Fsp3) is 0.611. The number of esters is 1. The maximum absolute atomic E-state index is 11.9. The van der Waals surface area contributed by atoms with Gasteiger partial charge >= 0.3 is 5.97 Å². The molecular weight excluding hydrogens is 276 g/mol. The van der Waals surface area contributed by atoms with Crippen molar-refractivity contribution in [3.05, 3.63) is 35.9 Å². The van der Waals surface area contributed by atoms with Gasteiger partial charge in [-0.2, -0.15) is 0 Å². The molecule has 0 aliphatic carbocycles. The predicted octanol–water partition coefficient (Wildman–Crippen LogP) is 2.29. The molecule has 0 radical (unpaired) electrons. The number of carbonyl (C=O) groups excluding carboxylic acids is 1. The molecular formula is C18H26N2O2. The van der Waals surface area contributed by atoms with Crippen LogP contribution in [0.25, 0.3) is 0 Å². The van der Waals surface area contributed by atoms with Crippen molar-refractivity contribution in [1.29, 1.82) is 0 Å². The number of ether oxygens (including phenoxy) is 1. The van der Waals surface area contributed by atoms with Crippen LogP contribution in [0, 0.1) is 0 Å². The van der Waals surface area contributed by atoms with Crippen molar-refractivity contribution < 1.29 is 9.53 Å². The Balaban J connectivity index is 1.36. The number of hydrogen-bond acceptors (Lipinski definition) is 4. The summed E-state index contributed by atoms with van der Waals surface area (Å²) in [7, 11) is 0. The largest absolute Gasteiger partial charge is 0.460 e. The monoisotopic (exact) mass is 302 g/mol. The van der Waals surface area contributed by atoms with E-state index in [2.05, 4.69) is 9.80 Å². The molecule has 1 aromatic carbocycles. The van der Waals surface area contributed by atoms with E-state index in [0.717, 1.165) is 24.7 Å². The van der Waals surface area contributed by atoms with Crippen LogP contribution in [0.4, 0.5) is 0 Å². The average Bonchev–Trinajstić information content (AvgIpc) is 3.09. The summed E-state index contributed by atoms with van der Waals surface area (Å²) in [5.74, 6) is -0.108. The van der Waals surface area contributed by atoms with Crippen LogP contribution in [0.3, 0.4) is 0 Å². The van der Waals surface area contributed by atoms with E-state index in [-0.39, 0.29) is 5.97 Å². The first-order valence-electron chi connectivity index (χ1n) is 8.47. The molecule has 4 heteroatoms. The molecule has 3 rings (SSSR count). The van der Waals surface area contributed by atoms with Gasteiger partial charge in [-0.1, -0.05) is 30.3 Å². The molecule has 0 N–H and O–H groups in total. The highest BCUT2D eigenvalue weighted by Crippen LogP contribution is 2.20. The zero-order chi connectivity index (χ0) is 15.2. The Hall–Kier alpha value is -1.39. The SMILES string of the molecule is O=C(CN1CCC(N2CCCC2)CC1)OCc1ccccc1. The minimum Gasteiger partial charge on any atom is -0.460 e. The van der Waals surface area contributed by atoms with Crippen LogP contribution in [-0.4, -0.2) is 54.5 Å². The van der Waals surface area contributed by atoms with Crippen molar-refractivity contribution in [2.75, 3.05) is 32.7 Å². The molecule has 2 aliphatic rings. The molecule has 0 atom stereocenters. The molecule has 0 spiro atoms. The van der Waals surface area contributed by atoms with Gasteiger partial charge in [-0.15, -0.1) is 0 Å². The Labute approximate surface area is 133 Å². The van der Waals surface area contributed by atoms with Gasteiger partial charge in [0.1, 0.15) is 6.61 Å². The lowest BCUT2D eigenvalue weighted by Gasteiger charge is -2.36. The lowest BCUT2D eigenvalue weighted by Crippen LogP contribution is -2.45. The van der Waals surface area contributed by atoms with E-state index in [0.29, 0.717) is 13.2 Å². The predicted molar refractivity (Wildman–Crippen MR) is 86.5 cm³/mol. The average molecular weight is 302 g/mol. The molecule has 2 saturated heterocycles. The summed E-state index contributed by atoms with van der Waals surface area (Å²) in [6.07, 6.45) is 5.08. The summed E-state index contributed by atoms with van der Waals surface area (Å²) in [5, 5.41) is 0. The molecule has 0 saturated carbocycles. The van der Waals surface area contributed by atoms with E-state index in [1.165, 1.54) is 38.8 Å². The zero-order valence-electron chi connectivity index (χ0n) is 13.2. The van der Waals surface area contributed by atoms with Gasteiger partial charge in [0.05, 0.1) is 6.54 Å². The van der Waals surface area contributed by atoms with Gasteiger partial charge in [0.2, 0.25) is 0 Å². The van der Waals surface area contributed by atoms with Crippen molar-refractivity contribution in [3.8, 4) is 0 Å². The second-order valence-corrected chi connectivity index (χ2v) is 6.40. The number of likely N-dealkylation sites (tertiary alicyclic amines) is 2. The van der Waals surface area contributed by atoms with Crippen LogP contribution in [-0.2, 0) is 16.1 Å². The fourth-order valence-electron chi connectivity index (χ4n) is 3.52. The van der Waals surface area contributed by atoms with E-state index in [1.807, 2.05) is 30.3 Å². The van der Waals surface area contributed by atoms with Crippen LogP contribution in [0.2, 0.25) is 0 Å². The maximum Gasteiger partial charge on any atom is 0.320 e. The van der Waals surface area contributed by atoms with Gasteiger partial charge in [0.25, 0.3) is 0 Å². The van der Waals surface area contributed by atoms with E-state index >= 15 is 0 Å². The van der Waals surface area contributed by atoms with Crippen LogP contribution in [0.1, 0.15) is 31.2 Å². The second-order valence-electron chi connectivity index (χ2n) is 6.40. The number of piperidine rings is 1. The molecule has 22 heavy (non-hydrogen) atoms. The van der Waals surface area contributed by atoms with Gasteiger partial charge in [-0.25, -0.2) is 0 Å². The molecule has 0 aromatic heterocycles. The van der Waals surface area contributed by atoms with Crippen LogP contribution in [0.5, 0.6) is 0 Å². The molecule has 2 aliphatic heterocycles. The van der Waals surface area contributed by atoms with Gasteiger partial charge in [-0.05, 0) is 44.3 Å². The number of rotatable bonds is 5. The molecule has 1 aromatic rings. The molecule has 2 fully saturated rings. The van der Waals surface area contributed by atoms with Gasteiger partial charge in [-0.3, -0.25) is 9.69 Å². The van der Waals surface area contributed by atoms with Crippen LogP contribution < -0.4 is 0 Å². The summed E-state index contributed by atoms with van der Waals surface area (Å²) in [4.78, 5) is 16.8. The molecule has 2 heterocycles. The quantitative estimate of drug-likeness (QED) is 0.781. The highest BCUT2D eigenvalue weighted by Gasteiger charge is 2.27. The Morgan fingerprint density at radius 1 is 1.05 bits per heavy atom. The highest BCUT2D eigenvalue weighted by atomic mass is 16.5. The highest BCUT2D eigenvalue weighted by molar-refractivity contribution is 5.71. The first-order valence-corrected chi connectivity index (χ1v) is 8.47. The van der Waals surface area contributed by atoms with Crippen molar-refractivity contribution in [3.63, 3.8) is 0 Å². The number of carbonyl (C=O) groups is 1. The minimum atomic E-state index is -0.108. The van der Waals surface area contributed by atoms with Gasteiger partial charge in [0.15, 0.2) is 0 Å².